The fourth-order valence-corrected chi connectivity index (χ4v) is 2.39. The van der Waals surface area contributed by atoms with E-state index < -0.39 is 12.2 Å². The second kappa shape index (κ2) is 4.79. The van der Waals surface area contributed by atoms with E-state index in [1.807, 2.05) is 0 Å². The van der Waals surface area contributed by atoms with Gasteiger partial charge in [-0.3, -0.25) is 10.00 Å². The number of nitrogens with zero attached hydrogens (tertiary/aromatic N) is 2. The highest BCUT2D eigenvalue weighted by Gasteiger charge is 2.43. The molecule has 1 aromatic heterocycles. The minimum Gasteiger partial charge on any atom is -0.493 e. The summed E-state index contributed by atoms with van der Waals surface area (Å²) in [5.74, 6) is 0.526. The van der Waals surface area contributed by atoms with Crippen molar-refractivity contribution in [1.82, 2.24) is 15.1 Å². The standard InChI is InChI=1S/C11H16F3N3O/c1-17-10(8(18-2)6-15-17)7-4-3-5-9(16-7)11(12,13)14/h6-7,9,16H,3-5H2,1-2H3. The fourth-order valence-electron chi connectivity index (χ4n) is 2.39. The fraction of sp³-hybridized carbons (Fsp3) is 0.727. The van der Waals surface area contributed by atoms with Gasteiger partial charge < -0.3 is 4.74 Å². The Bertz CT molecular complexity index is 416. The summed E-state index contributed by atoms with van der Waals surface area (Å²) in [6, 6.07) is -1.82. The monoisotopic (exact) mass is 263 g/mol. The number of ether oxygens (including phenoxy) is 1. The van der Waals surface area contributed by atoms with Crippen molar-refractivity contribution in [3.8, 4) is 5.75 Å². The van der Waals surface area contributed by atoms with Crippen molar-refractivity contribution in [2.24, 2.45) is 7.05 Å². The average molecular weight is 263 g/mol. The lowest BCUT2D eigenvalue weighted by atomic mass is 9.96. The molecule has 0 bridgehead atoms. The van der Waals surface area contributed by atoms with Gasteiger partial charge in [0.05, 0.1) is 25.0 Å². The van der Waals surface area contributed by atoms with Gasteiger partial charge in [0.1, 0.15) is 6.04 Å². The van der Waals surface area contributed by atoms with Crippen LogP contribution in [-0.4, -0.2) is 29.1 Å². The maximum Gasteiger partial charge on any atom is 0.403 e. The SMILES string of the molecule is COc1cnn(C)c1C1CCCC(C(F)(F)F)N1. The second-order valence-electron chi connectivity index (χ2n) is 4.47. The summed E-state index contributed by atoms with van der Waals surface area (Å²) in [6.07, 6.45) is -1.36. The van der Waals surface area contributed by atoms with Crippen LogP contribution in [0.3, 0.4) is 0 Å². The highest BCUT2D eigenvalue weighted by molar-refractivity contribution is 5.28. The summed E-state index contributed by atoms with van der Waals surface area (Å²) in [6.45, 7) is 0. The van der Waals surface area contributed by atoms with Gasteiger partial charge in [0.25, 0.3) is 0 Å². The summed E-state index contributed by atoms with van der Waals surface area (Å²) in [4.78, 5) is 0. The van der Waals surface area contributed by atoms with Crippen molar-refractivity contribution in [3.05, 3.63) is 11.9 Å². The Kier molecular flexibility index (Phi) is 3.52. The number of aromatic nitrogens is 2. The molecule has 2 rings (SSSR count). The zero-order chi connectivity index (χ0) is 13.3. The third-order valence-electron chi connectivity index (χ3n) is 3.28. The Morgan fingerprint density at radius 2 is 2.17 bits per heavy atom. The molecule has 0 radical (unpaired) electrons. The zero-order valence-corrected chi connectivity index (χ0v) is 10.3. The van der Waals surface area contributed by atoms with Crippen molar-refractivity contribution < 1.29 is 17.9 Å². The zero-order valence-electron chi connectivity index (χ0n) is 10.3. The number of halogens is 3. The van der Waals surface area contributed by atoms with E-state index in [0.29, 0.717) is 24.3 Å². The topological polar surface area (TPSA) is 39.1 Å². The van der Waals surface area contributed by atoms with E-state index in [1.165, 1.54) is 13.3 Å². The molecule has 2 unspecified atom stereocenters. The Balaban J connectivity index is 2.20. The number of alkyl halides is 3. The van der Waals surface area contributed by atoms with Crippen LogP contribution in [0.1, 0.15) is 31.0 Å². The predicted molar refractivity (Wildman–Crippen MR) is 59.3 cm³/mol. The van der Waals surface area contributed by atoms with Crippen LogP contribution in [0.4, 0.5) is 13.2 Å². The first kappa shape index (κ1) is 13.2. The van der Waals surface area contributed by atoms with Crippen LogP contribution in [0.15, 0.2) is 6.20 Å². The maximum absolute atomic E-state index is 12.7. The number of methoxy groups -OCH3 is 1. The predicted octanol–water partition coefficient (Wildman–Crippen LogP) is 2.17. The Morgan fingerprint density at radius 3 is 2.78 bits per heavy atom. The molecule has 1 fully saturated rings. The lowest BCUT2D eigenvalue weighted by Gasteiger charge is -2.32. The van der Waals surface area contributed by atoms with E-state index >= 15 is 0 Å². The quantitative estimate of drug-likeness (QED) is 0.888. The highest BCUT2D eigenvalue weighted by atomic mass is 19.4. The Hall–Kier alpha value is -1.24. The van der Waals surface area contributed by atoms with Gasteiger partial charge in [-0.2, -0.15) is 18.3 Å². The summed E-state index contributed by atoms with van der Waals surface area (Å²) < 4.78 is 44.9. The molecular formula is C11H16F3N3O. The molecule has 1 saturated heterocycles. The molecule has 0 amide bonds. The van der Waals surface area contributed by atoms with Gasteiger partial charge in [-0.1, -0.05) is 0 Å². The summed E-state index contributed by atoms with van der Waals surface area (Å²) in [7, 11) is 3.20. The van der Waals surface area contributed by atoms with Crippen LogP contribution in [0.25, 0.3) is 0 Å². The summed E-state index contributed by atoms with van der Waals surface area (Å²) in [5.41, 5.74) is 0.673. The van der Waals surface area contributed by atoms with Crippen LogP contribution >= 0.6 is 0 Å². The molecule has 0 spiro atoms. The molecule has 1 aromatic rings. The van der Waals surface area contributed by atoms with E-state index in [2.05, 4.69) is 10.4 Å². The molecule has 0 saturated carbocycles. The first-order valence-corrected chi connectivity index (χ1v) is 5.82. The molecule has 1 N–H and O–H groups in total. The number of hydrogen-bond donors (Lipinski definition) is 1. The first-order valence-electron chi connectivity index (χ1n) is 5.82. The van der Waals surface area contributed by atoms with Gasteiger partial charge in [-0.25, -0.2) is 0 Å². The van der Waals surface area contributed by atoms with Gasteiger partial charge in [-0.15, -0.1) is 0 Å². The maximum atomic E-state index is 12.7. The molecule has 0 aliphatic carbocycles. The van der Waals surface area contributed by atoms with E-state index in [4.69, 9.17) is 4.74 Å². The molecule has 0 aromatic carbocycles. The highest BCUT2D eigenvalue weighted by Crippen LogP contribution is 2.35. The molecule has 1 aliphatic heterocycles. The van der Waals surface area contributed by atoms with Crippen LogP contribution in [0.2, 0.25) is 0 Å². The van der Waals surface area contributed by atoms with E-state index in [-0.39, 0.29) is 12.5 Å². The van der Waals surface area contributed by atoms with E-state index in [9.17, 15) is 13.2 Å². The third kappa shape index (κ3) is 2.45. The lowest BCUT2D eigenvalue weighted by molar-refractivity contribution is -0.163. The molecule has 4 nitrogen and oxygen atoms in total. The molecule has 7 heteroatoms. The van der Waals surface area contributed by atoms with Gasteiger partial charge >= 0.3 is 6.18 Å². The number of hydrogen-bond acceptors (Lipinski definition) is 3. The van der Waals surface area contributed by atoms with Crippen molar-refractivity contribution >= 4 is 0 Å². The van der Waals surface area contributed by atoms with Gasteiger partial charge in [-0.05, 0) is 19.3 Å². The molecule has 18 heavy (non-hydrogen) atoms. The van der Waals surface area contributed by atoms with E-state index in [1.54, 1.807) is 11.7 Å². The smallest absolute Gasteiger partial charge is 0.403 e. The van der Waals surface area contributed by atoms with Crippen LogP contribution in [0, 0.1) is 0 Å². The van der Waals surface area contributed by atoms with Crippen LogP contribution < -0.4 is 10.1 Å². The normalized spacial score (nSPS) is 25.2. The Labute approximate surface area is 103 Å². The molecule has 1 aliphatic rings. The molecule has 102 valence electrons. The molecular weight excluding hydrogens is 247 g/mol. The minimum absolute atomic E-state index is 0.125. The van der Waals surface area contributed by atoms with Gasteiger partial charge in [0.2, 0.25) is 0 Å². The van der Waals surface area contributed by atoms with Gasteiger partial charge in [0.15, 0.2) is 5.75 Å². The minimum atomic E-state index is -4.20. The molecule has 2 atom stereocenters. The van der Waals surface area contributed by atoms with Crippen molar-refractivity contribution in [2.45, 2.75) is 37.5 Å². The van der Waals surface area contributed by atoms with Gasteiger partial charge in [0, 0.05) is 7.05 Å². The van der Waals surface area contributed by atoms with E-state index in [0.717, 1.165) is 0 Å². The summed E-state index contributed by atoms with van der Waals surface area (Å²) in [5, 5.41) is 6.67. The number of nitrogens with one attached hydrogen (secondary N) is 1. The largest absolute Gasteiger partial charge is 0.493 e. The first-order chi connectivity index (χ1) is 8.43. The van der Waals surface area contributed by atoms with Crippen molar-refractivity contribution in [3.63, 3.8) is 0 Å². The lowest BCUT2D eigenvalue weighted by Crippen LogP contribution is -2.47. The van der Waals surface area contributed by atoms with Crippen molar-refractivity contribution in [2.75, 3.05) is 7.11 Å². The number of aryl methyl sites for hydroxylation is 1. The average Bonchev–Trinajstić information content (AvgIpc) is 2.69. The van der Waals surface area contributed by atoms with Crippen LogP contribution in [-0.2, 0) is 7.05 Å². The Morgan fingerprint density at radius 1 is 1.44 bits per heavy atom. The summed E-state index contributed by atoms with van der Waals surface area (Å²) >= 11 is 0. The number of piperidine rings is 1. The third-order valence-corrected chi connectivity index (χ3v) is 3.28. The van der Waals surface area contributed by atoms with Crippen molar-refractivity contribution in [1.29, 1.82) is 0 Å². The van der Waals surface area contributed by atoms with Crippen LogP contribution in [0.5, 0.6) is 5.75 Å². The second-order valence-corrected chi connectivity index (χ2v) is 4.47. The molecule has 2 heterocycles. The number of rotatable bonds is 2.